The highest BCUT2D eigenvalue weighted by Crippen LogP contribution is 2.28. The minimum Gasteiger partial charge on any atom is -0.377 e. The molecule has 0 saturated carbocycles. The number of nitrogens with zero attached hydrogens (tertiary/aromatic N) is 2. The van der Waals surface area contributed by atoms with Crippen LogP contribution in [0, 0.1) is 0 Å². The molecule has 1 unspecified atom stereocenters. The maximum Gasteiger partial charge on any atom is 0.186 e. The van der Waals surface area contributed by atoms with Crippen LogP contribution in [0.5, 0.6) is 0 Å². The van der Waals surface area contributed by atoms with Gasteiger partial charge in [0.05, 0.1) is 29.8 Å². The molecule has 1 aromatic rings. The molecule has 0 aliphatic carbocycles. The molecule has 1 aliphatic rings. The molecule has 0 bridgehead atoms. The Balaban J connectivity index is 2.22. The molecule has 0 aromatic carbocycles. The third-order valence-corrected chi connectivity index (χ3v) is 3.98. The van der Waals surface area contributed by atoms with Gasteiger partial charge in [0.15, 0.2) is 11.4 Å². The normalized spacial score (nSPS) is 20.6. The third-order valence-electron chi connectivity index (χ3n) is 2.92. The Morgan fingerprint density at radius 2 is 2.47 bits per heavy atom. The van der Waals surface area contributed by atoms with Crippen molar-refractivity contribution in [3.8, 4) is 0 Å². The molecule has 1 saturated heterocycles. The van der Waals surface area contributed by atoms with Gasteiger partial charge in [0.1, 0.15) is 0 Å². The van der Waals surface area contributed by atoms with Crippen molar-refractivity contribution in [2.24, 2.45) is 0 Å². The van der Waals surface area contributed by atoms with E-state index in [1.807, 2.05) is 0 Å². The second kappa shape index (κ2) is 5.60. The van der Waals surface area contributed by atoms with Crippen LogP contribution in [0.1, 0.15) is 35.6 Å². The number of aromatic nitrogens is 1. The standard InChI is InChI=1S/C12H18N2O2S/c1-3-4-10-11(7-15)17-12(13-10)14-5-6-16-8-9(14)2/h7,9H,3-6,8H2,1-2H3. The molecule has 0 radical (unpaired) electrons. The minimum absolute atomic E-state index is 0.337. The van der Waals surface area contributed by atoms with Crippen LogP contribution < -0.4 is 4.90 Å². The van der Waals surface area contributed by atoms with Gasteiger partial charge in [-0.3, -0.25) is 4.79 Å². The van der Waals surface area contributed by atoms with Gasteiger partial charge >= 0.3 is 0 Å². The smallest absolute Gasteiger partial charge is 0.186 e. The van der Waals surface area contributed by atoms with Gasteiger partial charge in [-0.1, -0.05) is 24.7 Å². The van der Waals surface area contributed by atoms with Crippen LogP contribution in [0.3, 0.4) is 0 Å². The second-order valence-electron chi connectivity index (χ2n) is 4.29. The summed E-state index contributed by atoms with van der Waals surface area (Å²) in [6, 6.07) is 0.337. The molecule has 0 N–H and O–H groups in total. The van der Waals surface area contributed by atoms with E-state index in [2.05, 4.69) is 23.7 Å². The van der Waals surface area contributed by atoms with E-state index in [0.29, 0.717) is 6.04 Å². The Bertz CT molecular complexity index is 392. The van der Waals surface area contributed by atoms with Crippen LogP contribution >= 0.6 is 11.3 Å². The van der Waals surface area contributed by atoms with Crippen molar-refractivity contribution < 1.29 is 9.53 Å². The number of carbonyl (C=O) groups is 1. The van der Waals surface area contributed by atoms with E-state index in [0.717, 1.165) is 54.6 Å². The molecule has 1 fully saturated rings. The Morgan fingerprint density at radius 3 is 3.12 bits per heavy atom. The molecule has 0 spiro atoms. The summed E-state index contributed by atoms with van der Waals surface area (Å²) in [6.07, 6.45) is 2.82. The Morgan fingerprint density at radius 1 is 1.65 bits per heavy atom. The first-order chi connectivity index (χ1) is 8.26. The Hall–Kier alpha value is -0.940. The first kappa shape index (κ1) is 12.5. The number of hydrogen-bond donors (Lipinski definition) is 0. The molecule has 2 heterocycles. The minimum atomic E-state index is 0.337. The van der Waals surface area contributed by atoms with Gasteiger partial charge in [0.25, 0.3) is 0 Å². The fourth-order valence-electron chi connectivity index (χ4n) is 1.99. The summed E-state index contributed by atoms with van der Waals surface area (Å²) in [5.74, 6) is 0. The van der Waals surface area contributed by atoms with Crippen LogP contribution in [0.15, 0.2) is 0 Å². The third kappa shape index (κ3) is 2.66. The average Bonchev–Trinajstić information content (AvgIpc) is 2.73. The fraction of sp³-hybridized carbons (Fsp3) is 0.667. The SMILES string of the molecule is CCCc1nc(N2CCOCC2C)sc1C=O. The molecular weight excluding hydrogens is 236 g/mol. The zero-order chi connectivity index (χ0) is 12.3. The number of anilines is 1. The van der Waals surface area contributed by atoms with Gasteiger partial charge < -0.3 is 9.64 Å². The highest BCUT2D eigenvalue weighted by molar-refractivity contribution is 7.17. The fourth-order valence-corrected chi connectivity index (χ4v) is 3.05. The topological polar surface area (TPSA) is 42.4 Å². The summed E-state index contributed by atoms with van der Waals surface area (Å²) in [6.45, 7) is 6.56. The summed E-state index contributed by atoms with van der Waals surface area (Å²) < 4.78 is 5.41. The molecule has 17 heavy (non-hydrogen) atoms. The van der Waals surface area contributed by atoms with Gasteiger partial charge in [-0.2, -0.15) is 0 Å². The van der Waals surface area contributed by atoms with Crippen molar-refractivity contribution in [2.45, 2.75) is 32.7 Å². The number of ether oxygens (including phenoxy) is 1. The lowest BCUT2D eigenvalue weighted by atomic mass is 10.2. The van der Waals surface area contributed by atoms with E-state index < -0.39 is 0 Å². The molecule has 0 amide bonds. The van der Waals surface area contributed by atoms with Gasteiger partial charge in [-0.05, 0) is 13.3 Å². The van der Waals surface area contributed by atoms with Crippen molar-refractivity contribution >= 4 is 22.8 Å². The van der Waals surface area contributed by atoms with Gasteiger partial charge in [-0.15, -0.1) is 0 Å². The monoisotopic (exact) mass is 254 g/mol. The highest BCUT2D eigenvalue weighted by Gasteiger charge is 2.23. The van der Waals surface area contributed by atoms with Crippen LogP contribution in [-0.2, 0) is 11.2 Å². The Kier molecular flexibility index (Phi) is 4.12. The average molecular weight is 254 g/mol. The maximum atomic E-state index is 11.0. The summed E-state index contributed by atoms with van der Waals surface area (Å²) in [7, 11) is 0. The van der Waals surface area contributed by atoms with E-state index in [-0.39, 0.29) is 0 Å². The van der Waals surface area contributed by atoms with Crippen molar-refractivity contribution in [1.29, 1.82) is 0 Å². The number of hydrogen-bond acceptors (Lipinski definition) is 5. The number of aryl methyl sites for hydroxylation is 1. The number of thiazole rings is 1. The molecule has 4 nitrogen and oxygen atoms in total. The zero-order valence-electron chi connectivity index (χ0n) is 10.3. The summed E-state index contributed by atoms with van der Waals surface area (Å²) in [5.41, 5.74) is 0.946. The summed E-state index contributed by atoms with van der Waals surface area (Å²) in [4.78, 5) is 18.6. The summed E-state index contributed by atoms with van der Waals surface area (Å²) in [5, 5.41) is 0.964. The number of morpholine rings is 1. The van der Waals surface area contributed by atoms with Crippen LogP contribution in [-0.4, -0.2) is 37.1 Å². The molecule has 5 heteroatoms. The molecular formula is C12H18N2O2S. The van der Waals surface area contributed by atoms with Crippen LogP contribution in [0.4, 0.5) is 5.13 Å². The first-order valence-electron chi connectivity index (χ1n) is 6.05. The largest absolute Gasteiger partial charge is 0.377 e. The molecule has 94 valence electrons. The number of rotatable bonds is 4. The number of aldehydes is 1. The lowest BCUT2D eigenvalue weighted by molar-refractivity contribution is 0.0989. The molecule has 1 aromatic heterocycles. The van der Waals surface area contributed by atoms with Crippen LogP contribution in [0.2, 0.25) is 0 Å². The second-order valence-corrected chi connectivity index (χ2v) is 5.30. The van der Waals surface area contributed by atoms with Crippen molar-refractivity contribution in [3.63, 3.8) is 0 Å². The van der Waals surface area contributed by atoms with E-state index >= 15 is 0 Å². The lowest BCUT2D eigenvalue weighted by Crippen LogP contribution is -2.43. The van der Waals surface area contributed by atoms with E-state index in [1.165, 1.54) is 11.3 Å². The predicted molar refractivity (Wildman–Crippen MR) is 69.1 cm³/mol. The Labute approximate surface area is 106 Å². The zero-order valence-corrected chi connectivity index (χ0v) is 11.1. The van der Waals surface area contributed by atoms with Crippen molar-refractivity contribution in [3.05, 3.63) is 10.6 Å². The molecule has 1 atom stereocenters. The van der Waals surface area contributed by atoms with E-state index in [1.54, 1.807) is 0 Å². The lowest BCUT2D eigenvalue weighted by Gasteiger charge is -2.32. The highest BCUT2D eigenvalue weighted by atomic mass is 32.1. The van der Waals surface area contributed by atoms with Gasteiger partial charge in [0.2, 0.25) is 0 Å². The van der Waals surface area contributed by atoms with E-state index in [9.17, 15) is 4.79 Å². The van der Waals surface area contributed by atoms with Gasteiger partial charge in [0, 0.05) is 6.54 Å². The molecule has 2 rings (SSSR count). The maximum absolute atomic E-state index is 11.0. The number of carbonyl (C=O) groups excluding carboxylic acids is 1. The van der Waals surface area contributed by atoms with E-state index in [4.69, 9.17) is 4.74 Å². The van der Waals surface area contributed by atoms with Crippen molar-refractivity contribution in [1.82, 2.24) is 4.98 Å². The first-order valence-corrected chi connectivity index (χ1v) is 6.87. The van der Waals surface area contributed by atoms with Gasteiger partial charge in [-0.25, -0.2) is 4.98 Å². The summed E-state index contributed by atoms with van der Waals surface area (Å²) >= 11 is 1.50. The molecule has 1 aliphatic heterocycles. The predicted octanol–water partition coefficient (Wildman–Crippen LogP) is 2.13. The quantitative estimate of drug-likeness (QED) is 0.772. The van der Waals surface area contributed by atoms with Crippen LogP contribution in [0.25, 0.3) is 0 Å². The van der Waals surface area contributed by atoms with Crippen molar-refractivity contribution in [2.75, 3.05) is 24.7 Å².